The van der Waals surface area contributed by atoms with Crippen LogP contribution in [0, 0.1) is 0 Å². The second-order valence-electron chi connectivity index (χ2n) is 5.41. The molecule has 23 heavy (non-hydrogen) atoms. The highest BCUT2D eigenvalue weighted by molar-refractivity contribution is 6.22. The number of aromatic nitrogens is 1. The van der Waals surface area contributed by atoms with Gasteiger partial charge in [-0.1, -0.05) is 29.8 Å². The second-order valence-corrected chi connectivity index (χ2v) is 5.95. The summed E-state index contributed by atoms with van der Waals surface area (Å²) in [5, 5.41) is 47.7. The Balaban J connectivity index is 2.22. The van der Waals surface area contributed by atoms with Crippen molar-refractivity contribution in [2.24, 2.45) is 0 Å². The Hall–Kier alpha value is -1.68. The van der Waals surface area contributed by atoms with Gasteiger partial charge in [0.05, 0.1) is 0 Å². The summed E-state index contributed by atoms with van der Waals surface area (Å²) in [5.41, 5.74) is -1.96. The van der Waals surface area contributed by atoms with E-state index in [9.17, 15) is 30.3 Å². The minimum absolute atomic E-state index is 0.000725. The van der Waals surface area contributed by atoms with E-state index in [0.29, 0.717) is 10.9 Å². The molecule has 5 atom stereocenters. The molecular weight excluding hydrogens is 330 g/mol. The number of carboxylic acids is 1. The Labute approximate surface area is 134 Å². The molecule has 0 amide bonds. The fraction of sp³-hybridized carbons (Fsp3) is 0.357. The van der Waals surface area contributed by atoms with Crippen LogP contribution < -0.4 is 0 Å². The fourth-order valence-corrected chi connectivity index (χ4v) is 3.07. The molecule has 1 saturated heterocycles. The lowest BCUT2D eigenvalue weighted by atomic mass is 9.78. The number of hydrogen-bond acceptors (Lipinski definition) is 6. The van der Waals surface area contributed by atoms with Gasteiger partial charge in [0, 0.05) is 22.7 Å². The smallest absolute Gasteiger partial charge is 0.336 e. The number of hydrogen-bond donors (Lipinski definition) is 6. The van der Waals surface area contributed by atoms with Crippen LogP contribution in [0.2, 0.25) is 0 Å². The highest BCUT2D eigenvalue weighted by Crippen LogP contribution is 2.44. The third-order valence-electron chi connectivity index (χ3n) is 4.04. The van der Waals surface area contributed by atoms with E-state index in [-0.39, 0.29) is 5.56 Å². The summed E-state index contributed by atoms with van der Waals surface area (Å²) in [6.07, 6.45) is -5.06. The molecule has 1 aromatic heterocycles. The van der Waals surface area contributed by atoms with E-state index in [1.54, 1.807) is 24.3 Å². The summed E-state index contributed by atoms with van der Waals surface area (Å²) < 4.78 is 4.75. The molecule has 9 heteroatoms. The van der Waals surface area contributed by atoms with Crippen LogP contribution in [0.25, 0.3) is 10.9 Å². The van der Waals surface area contributed by atoms with Crippen molar-refractivity contribution in [3.8, 4) is 0 Å². The van der Waals surface area contributed by atoms with Gasteiger partial charge in [-0.2, -0.15) is 0 Å². The van der Waals surface area contributed by atoms with Crippen molar-refractivity contribution in [2.45, 2.75) is 29.2 Å². The van der Waals surface area contributed by atoms with Gasteiger partial charge < -0.3 is 35.3 Å². The van der Waals surface area contributed by atoms with E-state index in [4.69, 9.17) is 16.3 Å². The number of benzene rings is 1. The summed E-state index contributed by atoms with van der Waals surface area (Å²) in [4.78, 5) is 14.3. The maximum Gasteiger partial charge on any atom is 0.336 e. The van der Waals surface area contributed by atoms with Gasteiger partial charge in [0.1, 0.15) is 6.10 Å². The first-order chi connectivity index (χ1) is 10.7. The first-order valence-electron chi connectivity index (χ1n) is 6.66. The lowest BCUT2D eigenvalue weighted by molar-refractivity contribution is -0.335. The van der Waals surface area contributed by atoms with Crippen molar-refractivity contribution in [3.63, 3.8) is 0 Å². The third kappa shape index (κ3) is 2.23. The van der Waals surface area contributed by atoms with Crippen molar-refractivity contribution >= 4 is 28.5 Å². The van der Waals surface area contributed by atoms with Gasteiger partial charge in [-0.15, -0.1) is 0 Å². The predicted molar refractivity (Wildman–Crippen MR) is 77.5 cm³/mol. The normalized spacial score (nSPS) is 37.9. The number of alkyl halides is 1. The number of rotatable bonds is 2. The third-order valence-corrected chi connectivity index (χ3v) is 4.36. The van der Waals surface area contributed by atoms with Gasteiger partial charge in [-0.05, 0) is 6.07 Å². The van der Waals surface area contributed by atoms with Gasteiger partial charge in [0.2, 0.25) is 0 Å². The minimum atomic E-state index is -2.85. The largest absolute Gasteiger partial charge is 0.479 e. The first kappa shape index (κ1) is 16.2. The zero-order valence-electron chi connectivity index (χ0n) is 11.5. The van der Waals surface area contributed by atoms with Crippen molar-refractivity contribution in [1.29, 1.82) is 0 Å². The Morgan fingerprint density at radius 3 is 2.52 bits per heavy atom. The number of para-hydroxylation sites is 1. The van der Waals surface area contributed by atoms with Crippen LogP contribution >= 0.6 is 11.6 Å². The van der Waals surface area contributed by atoms with E-state index in [1.807, 2.05) is 0 Å². The molecule has 1 aliphatic heterocycles. The Morgan fingerprint density at radius 2 is 1.87 bits per heavy atom. The van der Waals surface area contributed by atoms with Crippen molar-refractivity contribution in [2.75, 3.05) is 0 Å². The van der Waals surface area contributed by atoms with Gasteiger partial charge in [-0.3, -0.25) is 0 Å². The number of fused-ring (bicyclic) bond motifs is 1. The molecule has 124 valence electrons. The average molecular weight is 344 g/mol. The van der Waals surface area contributed by atoms with Crippen LogP contribution in [0.1, 0.15) is 5.56 Å². The summed E-state index contributed by atoms with van der Waals surface area (Å²) >= 11 is 5.50. The van der Waals surface area contributed by atoms with Gasteiger partial charge >= 0.3 is 5.97 Å². The molecule has 6 N–H and O–H groups in total. The average Bonchev–Trinajstić information content (AvgIpc) is 2.93. The Bertz CT molecular complexity index is 760. The second kappa shape index (κ2) is 5.17. The summed E-state index contributed by atoms with van der Waals surface area (Å²) in [5.74, 6) is -1.66. The van der Waals surface area contributed by atoms with Gasteiger partial charge in [-0.25, -0.2) is 4.79 Å². The highest BCUT2D eigenvalue weighted by atomic mass is 35.5. The van der Waals surface area contributed by atoms with E-state index < -0.39 is 35.1 Å². The number of aliphatic hydroxyl groups is 4. The van der Waals surface area contributed by atoms with E-state index in [1.165, 1.54) is 6.20 Å². The molecule has 0 saturated carbocycles. The van der Waals surface area contributed by atoms with Crippen LogP contribution in [0.5, 0.6) is 0 Å². The number of halogens is 1. The first-order valence-corrected chi connectivity index (χ1v) is 7.04. The van der Waals surface area contributed by atoms with Crippen LogP contribution in [0.3, 0.4) is 0 Å². The van der Waals surface area contributed by atoms with Crippen LogP contribution in [-0.4, -0.2) is 60.0 Å². The molecule has 0 aliphatic carbocycles. The molecule has 0 radical (unpaired) electrons. The molecule has 1 fully saturated rings. The molecule has 2 aromatic rings. The summed E-state index contributed by atoms with van der Waals surface area (Å²) in [7, 11) is 0. The van der Waals surface area contributed by atoms with Crippen LogP contribution in [-0.2, 0) is 15.1 Å². The molecule has 3 rings (SSSR count). The number of H-pyrrole nitrogens is 1. The molecule has 0 bridgehead atoms. The lowest BCUT2D eigenvalue weighted by Gasteiger charge is -2.48. The predicted octanol–water partition coefficient (Wildman–Crippen LogP) is -0.554. The molecule has 0 spiro atoms. The molecule has 2 heterocycles. The number of aromatic amines is 1. The highest BCUT2D eigenvalue weighted by Gasteiger charge is 2.64. The minimum Gasteiger partial charge on any atom is -0.479 e. The maximum atomic E-state index is 11.5. The van der Waals surface area contributed by atoms with E-state index in [0.717, 1.165) is 0 Å². The maximum absolute atomic E-state index is 11.5. The molecule has 1 aromatic carbocycles. The molecule has 0 unspecified atom stereocenters. The number of ether oxygens (including phenoxy) is 1. The lowest BCUT2D eigenvalue weighted by Crippen LogP contribution is -2.69. The van der Waals surface area contributed by atoms with E-state index >= 15 is 0 Å². The SMILES string of the molecule is O=C(O)[C@H]1O[C@](O)(Cl)[C@H](O)[C@@H](O)[C@@]1(O)c1c[nH]c2ccccc12. The number of aliphatic carboxylic acids is 1. The number of carbonyl (C=O) groups is 1. The standard InChI is InChI=1S/C14H14ClNO7/c15-14(22)10(18)9(17)13(21,11(23-14)12(19)20)7-5-16-8-4-2-1-3-6(7)8/h1-5,9-11,16-18,21-22H,(H,19,20)/t9-,10-,11-,13+,14+/m1/s1. The van der Waals surface area contributed by atoms with Crippen LogP contribution in [0.15, 0.2) is 30.5 Å². The monoisotopic (exact) mass is 343 g/mol. The van der Waals surface area contributed by atoms with Gasteiger partial charge in [0.15, 0.2) is 17.8 Å². The Morgan fingerprint density at radius 1 is 1.22 bits per heavy atom. The molecule has 1 aliphatic rings. The summed E-state index contributed by atoms with van der Waals surface area (Å²) in [6, 6.07) is 6.66. The molecule has 8 nitrogen and oxygen atoms in total. The quantitative estimate of drug-likeness (QED) is 0.401. The molecular formula is C14H14ClNO7. The number of nitrogens with one attached hydrogen (secondary N) is 1. The van der Waals surface area contributed by atoms with E-state index in [2.05, 4.69) is 4.98 Å². The van der Waals surface area contributed by atoms with Crippen molar-refractivity contribution in [1.82, 2.24) is 4.98 Å². The number of carboxylic acid groups (broad SMARTS) is 1. The zero-order valence-corrected chi connectivity index (χ0v) is 12.3. The van der Waals surface area contributed by atoms with Gasteiger partial charge in [0.25, 0.3) is 5.25 Å². The summed E-state index contributed by atoms with van der Waals surface area (Å²) in [6.45, 7) is 0. The zero-order chi connectivity index (χ0) is 17.0. The fourth-order valence-electron chi connectivity index (χ4n) is 2.86. The van der Waals surface area contributed by atoms with Crippen LogP contribution in [0.4, 0.5) is 0 Å². The number of aliphatic hydroxyl groups excluding tert-OH is 2. The Kier molecular flexibility index (Phi) is 3.64. The van der Waals surface area contributed by atoms with Crippen molar-refractivity contribution < 1.29 is 35.1 Å². The topological polar surface area (TPSA) is 143 Å². The van der Waals surface area contributed by atoms with Crippen molar-refractivity contribution in [3.05, 3.63) is 36.0 Å².